The molecule has 1 aromatic carbocycles. The van der Waals surface area contributed by atoms with Crippen LogP contribution in [0.1, 0.15) is 19.8 Å². The van der Waals surface area contributed by atoms with Gasteiger partial charge >= 0.3 is 6.03 Å². The molecule has 1 saturated heterocycles. The molecule has 2 amide bonds. The first kappa shape index (κ1) is 13.7. The molecule has 1 fully saturated rings. The molecule has 0 bridgehead atoms. The fraction of sp³-hybridized carbons (Fsp3) is 0.500. The van der Waals surface area contributed by atoms with Gasteiger partial charge in [0.15, 0.2) is 0 Å². The van der Waals surface area contributed by atoms with Crippen LogP contribution in [-0.4, -0.2) is 31.9 Å². The molecule has 2 atom stereocenters. The topological polar surface area (TPSA) is 59.6 Å². The van der Waals surface area contributed by atoms with Crippen molar-refractivity contribution in [3.63, 3.8) is 0 Å². The zero-order chi connectivity index (χ0) is 13.7. The van der Waals surface area contributed by atoms with Gasteiger partial charge in [0.25, 0.3) is 0 Å². The summed E-state index contributed by atoms with van der Waals surface area (Å²) in [6.07, 6.45) is 2.19. The predicted octanol–water partition coefficient (Wildman–Crippen LogP) is 2.38. The third-order valence-electron chi connectivity index (χ3n) is 3.21. The molecule has 0 spiro atoms. The molecule has 104 valence electrons. The van der Waals surface area contributed by atoms with Gasteiger partial charge in [-0.25, -0.2) is 4.79 Å². The van der Waals surface area contributed by atoms with Gasteiger partial charge in [-0.1, -0.05) is 6.07 Å². The van der Waals surface area contributed by atoms with E-state index in [-0.39, 0.29) is 18.2 Å². The number of hydrogen-bond donors (Lipinski definition) is 2. The van der Waals surface area contributed by atoms with Gasteiger partial charge < -0.3 is 20.1 Å². The maximum atomic E-state index is 11.9. The number of anilines is 1. The fourth-order valence-electron chi connectivity index (χ4n) is 2.16. The van der Waals surface area contributed by atoms with E-state index in [0.717, 1.165) is 19.4 Å². The molecule has 1 aliphatic rings. The normalized spacial score (nSPS) is 19.8. The second-order valence-corrected chi connectivity index (χ2v) is 4.67. The number of rotatable bonds is 4. The molecule has 5 heteroatoms. The lowest BCUT2D eigenvalue weighted by Gasteiger charge is -2.20. The number of urea groups is 1. The van der Waals surface area contributed by atoms with Gasteiger partial charge in [-0.15, -0.1) is 0 Å². The summed E-state index contributed by atoms with van der Waals surface area (Å²) in [6.45, 7) is 2.75. The highest BCUT2D eigenvalue weighted by molar-refractivity contribution is 5.89. The summed E-state index contributed by atoms with van der Waals surface area (Å²) < 4.78 is 10.6. The number of ether oxygens (including phenoxy) is 2. The van der Waals surface area contributed by atoms with Crippen molar-refractivity contribution in [3.05, 3.63) is 24.3 Å². The Kier molecular flexibility index (Phi) is 4.63. The fourth-order valence-corrected chi connectivity index (χ4v) is 2.16. The average molecular weight is 264 g/mol. The van der Waals surface area contributed by atoms with Gasteiger partial charge in [0.1, 0.15) is 5.75 Å². The Labute approximate surface area is 113 Å². The molecule has 2 rings (SSSR count). The van der Waals surface area contributed by atoms with E-state index in [0.29, 0.717) is 11.4 Å². The Hall–Kier alpha value is -1.75. The number of nitrogens with one attached hydrogen (secondary N) is 2. The van der Waals surface area contributed by atoms with E-state index in [1.165, 1.54) is 0 Å². The zero-order valence-electron chi connectivity index (χ0n) is 11.3. The third-order valence-corrected chi connectivity index (χ3v) is 3.21. The monoisotopic (exact) mass is 264 g/mol. The Bertz CT molecular complexity index is 430. The van der Waals surface area contributed by atoms with Crippen LogP contribution >= 0.6 is 0 Å². The lowest BCUT2D eigenvalue weighted by atomic mass is 10.1. The second kappa shape index (κ2) is 6.43. The summed E-state index contributed by atoms with van der Waals surface area (Å²) in [5, 5.41) is 5.68. The van der Waals surface area contributed by atoms with Crippen LogP contribution in [0.3, 0.4) is 0 Å². The molecule has 2 N–H and O–H groups in total. The van der Waals surface area contributed by atoms with Crippen molar-refractivity contribution in [2.45, 2.75) is 31.9 Å². The second-order valence-electron chi connectivity index (χ2n) is 4.67. The van der Waals surface area contributed by atoms with E-state index in [4.69, 9.17) is 9.47 Å². The lowest BCUT2D eigenvalue weighted by Crippen LogP contribution is -2.42. The number of benzene rings is 1. The SMILES string of the molecule is COc1cccc(NC(=O)N[C@H](C)[C@H]2CCCO2)c1. The highest BCUT2D eigenvalue weighted by Crippen LogP contribution is 2.17. The van der Waals surface area contributed by atoms with Crippen molar-refractivity contribution in [1.82, 2.24) is 5.32 Å². The van der Waals surface area contributed by atoms with Crippen molar-refractivity contribution in [2.24, 2.45) is 0 Å². The summed E-state index contributed by atoms with van der Waals surface area (Å²) in [7, 11) is 1.60. The summed E-state index contributed by atoms with van der Waals surface area (Å²) in [5.74, 6) is 0.713. The largest absolute Gasteiger partial charge is 0.497 e. The summed E-state index contributed by atoms with van der Waals surface area (Å²) in [6, 6.07) is 7.04. The van der Waals surface area contributed by atoms with Crippen LogP contribution in [-0.2, 0) is 4.74 Å². The first-order valence-corrected chi connectivity index (χ1v) is 6.52. The maximum Gasteiger partial charge on any atom is 0.319 e. The standard InChI is InChI=1S/C14H20N2O3/c1-10(13-7-4-8-19-13)15-14(17)16-11-5-3-6-12(9-11)18-2/h3,5-6,9-10,13H,4,7-8H2,1-2H3,(H2,15,16,17)/t10-,13-/m1/s1. The summed E-state index contributed by atoms with van der Waals surface area (Å²) >= 11 is 0. The molecule has 0 unspecified atom stereocenters. The molecular formula is C14H20N2O3. The van der Waals surface area contributed by atoms with Gasteiger partial charge in [0.05, 0.1) is 19.3 Å². The number of carbonyl (C=O) groups excluding carboxylic acids is 1. The molecule has 0 aliphatic carbocycles. The molecule has 0 aromatic heterocycles. The Morgan fingerprint density at radius 3 is 3.05 bits per heavy atom. The first-order valence-electron chi connectivity index (χ1n) is 6.52. The van der Waals surface area contributed by atoms with Gasteiger partial charge in [-0.3, -0.25) is 0 Å². The van der Waals surface area contributed by atoms with Gasteiger partial charge in [-0.2, -0.15) is 0 Å². The third kappa shape index (κ3) is 3.86. The molecule has 1 heterocycles. The van der Waals surface area contributed by atoms with Crippen molar-refractivity contribution < 1.29 is 14.3 Å². The minimum atomic E-state index is -0.226. The molecule has 19 heavy (non-hydrogen) atoms. The van der Waals surface area contributed by atoms with E-state index in [1.807, 2.05) is 25.1 Å². The van der Waals surface area contributed by atoms with Crippen molar-refractivity contribution in [3.8, 4) is 5.75 Å². The lowest BCUT2D eigenvalue weighted by molar-refractivity contribution is 0.0868. The maximum absolute atomic E-state index is 11.9. The average Bonchev–Trinajstić information content (AvgIpc) is 2.92. The number of amides is 2. The zero-order valence-corrected chi connectivity index (χ0v) is 11.3. The molecule has 1 aromatic rings. The van der Waals surface area contributed by atoms with Gasteiger partial charge in [-0.05, 0) is 31.9 Å². The minimum absolute atomic E-state index is 0.00751. The highest BCUT2D eigenvalue weighted by Gasteiger charge is 2.23. The Balaban J connectivity index is 1.86. The van der Waals surface area contributed by atoms with Crippen molar-refractivity contribution in [2.75, 3.05) is 19.0 Å². The van der Waals surface area contributed by atoms with E-state index >= 15 is 0 Å². The van der Waals surface area contributed by atoms with Gasteiger partial charge in [0, 0.05) is 18.4 Å². The number of carbonyl (C=O) groups is 1. The van der Waals surface area contributed by atoms with E-state index in [2.05, 4.69) is 10.6 Å². The van der Waals surface area contributed by atoms with E-state index in [1.54, 1.807) is 13.2 Å². The van der Waals surface area contributed by atoms with Crippen LogP contribution in [0.5, 0.6) is 5.75 Å². The Morgan fingerprint density at radius 2 is 2.37 bits per heavy atom. The molecule has 5 nitrogen and oxygen atoms in total. The van der Waals surface area contributed by atoms with Crippen LogP contribution < -0.4 is 15.4 Å². The van der Waals surface area contributed by atoms with E-state index in [9.17, 15) is 4.79 Å². The quantitative estimate of drug-likeness (QED) is 0.877. The predicted molar refractivity (Wildman–Crippen MR) is 73.6 cm³/mol. The molecular weight excluding hydrogens is 244 g/mol. The molecule has 0 radical (unpaired) electrons. The highest BCUT2D eigenvalue weighted by atomic mass is 16.5. The van der Waals surface area contributed by atoms with Crippen LogP contribution in [0.25, 0.3) is 0 Å². The first-order chi connectivity index (χ1) is 9.19. The minimum Gasteiger partial charge on any atom is -0.497 e. The van der Waals surface area contributed by atoms with Gasteiger partial charge in [0.2, 0.25) is 0 Å². The van der Waals surface area contributed by atoms with Crippen LogP contribution in [0.15, 0.2) is 24.3 Å². The number of methoxy groups -OCH3 is 1. The molecule has 0 saturated carbocycles. The van der Waals surface area contributed by atoms with Crippen LogP contribution in [0.4, 0.5) is 10.5 Å². The van der Waals surface area contributed by atoms with Crippen molar-refractivity contribution >= 4 is 11.7 Å². The van der Waals surface area contributed by atoms with Crippen molar-refractivity contribution in [1.29, 1.82) is 0 Å². The van der Waals surface area contributed by atoms with Crippen LogP contribution in [0.2, 0.25) is 0 Å². The van der Waals surface area contributed by atoms with E-state index < -0.39 is 0 Å². The summed E-state index contributed by atoms with van der Waals surface area (Å²) in [5.41, 5.74) is 0.705. The van der Waals surface area contributed by atoms with Crippen LogP contribution in [0, 0.1) is 0 Å². The summed E-state index contributed by atoms with van der Waals surface area (Å²) in [4.78, 5) is 11.9. The molecule has 1 aliphatic heterocycles. The number of hydrogen-bond acceptors (Lipinski definition) is 3. The smallest absolute Gasteiger partial charge is 0.319 e. The Morgan fingerprint density at radius 1 is 1.53 bits per heavy atom.